The molecule has 4 rings (SSSR count). The smallest absolute Gasteiger partial charge is 0.233 e. The van der Waals surface area contributed by atoms with E-state index in [1.807, 2.05) is 64.1 Å². The highest BCUT2D eigenvalue weighted by atomic mass is 32.2. The van der Waals surface area contributed by atoms with Gasteiger partial charge in [0.1, 0.15) is 18.1 Å². The number of carbonyl (C=O) groups is 1. The summed E-state index contributed by atoms with van der Waals surface area (Å²) in [6, 6.07) is 17.9. The second-order valence-corrected chi connectivity index (χ2v) is 9.20. The van der Waals surface area contributed by atoms with Gasteiger partial charge in [0, 0.05) is 17.8 Å². The predicted octanol–water partition coefficient (Wildman–Crippen LogP) is 4.74. The van der Waals surface area contributed by atoms with Crippen LogP contribution in [-0.4, -0.2) is 50.5 Å². The number of nitrogens with zero attached hydrogens (tertiary/aromatic N) is 4. The number of benzene rings is 2. The number of methoxy groups -OCH3 is 1. The van der Waals surface area contributed by atoms with Gasteiger partial charge in [0.15, 0.2) is 11.0 Å². The van der Waals surface area contributed by atoms with Crippen molar-refractivity contribution in [1.29, 1.82) is 0 Å². The van der Waals surface area contributed by atoms with Gasteiger partial charge in [-0.2, -0.15) is 0 Å². The van der Waals surface area contributed by atoms with Crippen molar-refractivity contribution in [1.82, 2.24) is 19.7 Å². The molecule has 0 radical (unpaired) electrons. The molecule has 3 aromatic rings. The zero-order valence-electron chi connectivity index (χ0n) is 19.3. The van der Waals surface area contributed by atoms with Crippen LogP contribution in [0.1, 0.15) is 38.9 Å². The molecule has 1 saturated heterocycles. The van der Waals surface area contributed by atoms with Crippen molar-refractivity contribution in [3.05, 3.63) is 60.4 Å². The summed E-state index contributed by atoms with van der Waals surface area (Å²) in [7, 11) is 1.63. The summed E-state index contributed by atoms with van der Waals surface area (Å²) in [5, 5.41) is 9.45. The van der Waals surface area contributed by atoms with E-state index < -0.39 is 0 Å². The first-order valence-electron chi connectivity index (χ1n) is 11.3. The third kappa shape index (κ3) is 5.50. The number of likely N-dealkylation sites (tertiary alicyclic amines) is 1. The molecule has 0 aliphatic carbocycles. The first-order valence-corrected chi connectivity index (χ1v) is 12.3. The number of para-hydroxylation sites is 1. The first-order chi connectivity index (χ1) is 16.1. The molecule has 2 atom stereocenters. The molecule has 1 aliphatic rings. The van der Waals surface area contributed by atoms with Crippen LogP contribution in [0.25, 0.3) is 5.69 Å². The molecule has 0 unspecified atom stereocenters. The number of rotatable bonds is 8. The van der Waals surface area contributed by atoms with E-state index in [4.69, 9.17) is 9.47 Å². The van der Waals surface area contributed by atoms with Crippen LogP contribution in [-0.2, 0) is 11.4 Å². The van der Waals surface area contributed by atoms with Crippen LogP contribution in [0, 0.1) is 0 Å². The summed E-state index contributed by atoms with van der Waals surface area (Å²) < 4.78 is 13.1. The number of ether oxygens (including phenoxy) is 2. The molecule has 33 heavy (non-hydrogen) atoms. The average Bonchev–Trinajstić information content (AvgIpc) is 3.25. The topological polar surface area (TPSA) is 69.5 Å². The van der Waals surface area contributed by atoms with Gasteiger partial charge in [0.2, 0.25) is 5.91 Å². The van der Waals surface area contributed by atoms with Gasteiger partial charge < -0.3 is 14.4 Å². The first kappa shape index (κ1) is 23.2. The fourth-order valence-corrected chi connectivity index (χ4v) is 5.10. The van der Waals surface area contributed by atoms with Crippen molar-refractivity contribution < 1.29 is 14.3 Å². The van der Waals surface area contributed by atoms with Gasteiger partial charge in [0.05, 0.1) is 12.9 Å². The lowest BCUT2D eigenvalue weighted by molar-refractivity contribution is -0.134. The van der Waals surface area contributed by atoms with Crippen LogP contribution in [0.2, 0.25) is 0 Å². The van der Waals surface area contributed by atoms with Crippen LogP contribution in [0.3, 0.4) is 0 Å². The average molecular weight is 467 g/mol. The molecule has 0 bridgehead atoms. The molecule has 1 aliphatic heterocycles. The molecule has 1 fully saturated rings. The molecule has 1 amide bonds. The highest BCUT2D eigenvalue weighted by molar-refractivity contribution is 7.99. The number of piperidine rings is 1. The number of thioether (sulfide) groups is 1. The maximum atomic E-state index is 13.0. The largest absolute Gasteiger partial charge is 0.497 e. The standard InChI is InChI=1S/C25H30N4O3S/c1-18-8-7-9-19(2)28(18)24(30)17-33-25-27-26-23(29(25)20-10-5-4-6-11-20)16-32-22-14-12-21(31-3)13-15-22/h4-6,10-15,18-19H,7-9,16-17H2,1-3H3/t18-,19-/m0/s1. The van der Waals surface area contributed by atoms with Crippen molar-refractivity contribution in [2.24, 2.45) is 0 Å². The minimum absolute atomic E-state index is 0.151. The lowest BCUT2D eigenvalue weighted by Gasteiger charge is -2.39. The zero-order chi connectivity index (χ0) is 23.2. The Morgan fingerprint density at radius 2 is 1.67 bits per heavy atom. The molecule has 2 heterocycles. The monoisotopic (exact) mass is 466 g/mol. The SMILES string of the molecule is COc1ccc(OCc2nnc(SCC(=O)N3[C@@H](C)CCC[C@@H]3C)n2-c2ccccc2)cc1. The molecule has 174 valence electrons. The Labute approximate surface area is 199 Å². The second-order valence-electron chi connectivity index (χ2n) is 8.25. The van der Waals surface area contributed by atoms with Crippen molar-refractivity contribution in [2.75, 3.05) is 12.9 Å². The van der Waals surface area contributed by atoms with Crippen LogP contribution >= 0.6 is 11.8 Å². The summed E-state index contributed by atoms with van der Waals surface area (Å²) in [4.78, 5) is 15.1. The fraction of sp³-hybridized carbons (Fsp3) is 0.400. The van der Waals surface area contributed by atoms with E-state index >= 15 is 0 Å². The van der Waals surface area contributed by atoms with Gasteiger partial charge in [0.25, 0.3) is 0 Å². The van der Waals surface area contributed by atoms with Crippen LogP contribution in [0.5, 0.6) is 11.5 Å². The summed E-state index contributed by atoms with van der Waals surface area (Å²) in [5.74, 6) is 2.65. The van der Waals surface area contributed by atoms with Crippen molar-refractivity contribution in [2.45, 2.75) is 57.0 Å². The maximum absolute atomic E-state index is 13.0. The lowest BCUT2D eigenvalue weighted by atomic mass is 9.98. The summed E-state index contributed by atoms with van der Waals surface area (Å²) in [5.41, 5.74) is 0.936. The van der Waals surface area contributed by atoms with E-state index in [1.165, 1.54) is 18.2 Å². The van der Waals surface area contributed by atoms with Crippen molar-refractivity contribution in [3.8, 4) is 17.2 Å². The van der Waals surface area contributed by atoms with E-state index in [2.05, 4.69) is 24.0 Å². The molecule has 8 heteroatoms. The molecular formula is C25H30N4O3S. The Morgan fingerprint density at radius 1 is 1.00 bits per heavy atom. The van der Waals surface area contributed by atoms with Crippen LogP contribution < -0.4 is 9.47 Å². The highest BCUT2D eigenvalue weighted by Crippen LogP contribution is 2.27. The van der Waals surface area contributed by atoms with E-state index in [0.717, 1.165) is 30.0 Å². The molecule has 1 aromatic heterocycles. The van der Waals surface area contributed by atoms with Crippen LogP contribution in [0.15, 0.2) is 59.8 Å². The van der Waals surface area contributed by atoms with Gasteiger partial charge in [-0.15, -0.1) is 10.2 Å². The summed E-state index contributed by atoms with van der Waals surface area (Å²) >= 11 is 1.42. The Kier molecular flexibility index (Phi) is 7.54. The molecule has 2 aromatic carbocycles. The second kappa shape index (κ2) is 10.7. The molecule has 0 spiro atoms. The van der Waals surface area contributed by atoms with E-state index in [0.29, 0.717) is 16.7 Å². The predicted molar refractivity (Wildman–Crippen MR) is 129 cm³/mol. The number of aromatic nitrogens is 3. The van der Waals surface area contributed by atoms with Crippen molar-refractivity contribution in [3.63, 3.8) is 0 Å². The summed E-state index contributed by atoms with van der Waals surface area (Å²) in [6.07, 6.45) is 3.31. The normalized spacial score (nSPS) is 18.2. The Morgan fingerprint density at radius 3 is 2.33 bits per heavy atom. The van der Waals surface area contributed by atoms with E-state index in [-0.39, 0.29) is 24.6 Å². The molecule has 7 nitrogen and oxygen atoms in total. The number of amides is 1. The molecule has 0 N–H and O–H groups in total. The number of hydrogen-bond acceptors (Lipinski definition) is 6. The summed E-state index contributed by atoms with van der Waals surface area (Å²) in [6.45, 7) is 4.53. The maximum Gasteiger partial charge on any atom is 0.233 e. The quantitative estimate of drug-likeness (QED) is 0.447. The minimum atomic E-state index is 0.151. The minimum Gasteiger partial charge on any atom is -0.497 e. The number of hydrogen-bond donors (Lipinski definition) is 0. The molecule has 0 saturated carbocycles. The highest BCUT2D eigenvalue weighted by Gasteiger charge is 2.29. The number of carbonyl (C=O) groups excluding carboxylic acids is 1. The van der Waals surface area contributed by atoms with Crippen LogP contribution in [0.4, 0.5) is 0 Å². The van der Waals surface area contributed by atoms with Gasteiger partial charge in [-0.3, -0.25) is 9.36 Å². The Balaban J connectivity index is 1.50. The zero-order valence-corrected chi connectivity index (χ0v) is 20.1. The van der Waals surface area contributed by atoms with Gasteiger partial charge in [-0.05, 0) is 69.5 Å². The Hall–Kier alpha value is -3.00. The van der Waals surface area contributed by atoms with Crippen molar-refractivity contribution >= 4 is 17.7 Å². The van der Waals surface area contributed by atoms with E-state index in [1.54, 1.807) is 7.11 Å². The van der Waals surface area contributed by atoms with Gasteiger partial charge in [-0.1, -0.05) is 30.0 Å². The van der Waals surface area contributed by atoms with Gasteiger partial charge >= 0.3 is 0 Å². The third-order valence-electron chi connectivity index (χ3n) is 5.95. The Bertz CT molecular complexity index is 1050. The van der Waals surface area contributed by atoms with E-state index in [9.17, 15) is 4.79 Å². The van der Waals surface area contributed by atoms with Gasteiger partial charge in [-0.25, -0.2) is 0 Å². The lowest BCUT2D eigenvalue weighted by Crippen LogP contribution is -2.48. The fourth-order valence-electron chi connectivity index (χ4n) is 4.26. The molecular weight excluding hydrogens is 436 g/mol. The third-order valence-corrected chi connectivity index (χ3v) is 6.86.